The molecule has 19 heavy (non-hydrogen) atoms. The topological polar surface area (TPSA) is 46.5 Å². The standard InChI is InChI=1S/C15H13BrO3/c1-2-10-5-3-6-11(9-10)19-13-8-4-7-12(16)14(13)15(17)18/h3-9H,2H2,1H3,(H,17,18). The molecule has 3 nitrogen and oxygen atoms in total. The fourth-order valence-electron chi connectivity index (χ4n) is 1.75. The van der Waals surface area contributed by atoms with Crippen LogP contribution in [0.3, 0.4) is 0 Å². The Hall–Kier alpha value is -1.81. The molecule has 0 heterocycles. The highest BCUT2D eigenvalue weighted by molar-refractivity contribution is 9.10. The largest absolute Gasteiger partial charge is 0.478 e. The van der Waals surface area contributed by atoms with Crippen molar-refractivity contribution in [1.82, 2.24) is 0 Å². The Morgan fingerprint density at radius 2 is 2.00 bits per heavy atom. The van der Waals surface area contributed by atoms with Crippen LogP contribution in [0.4, 0.5) is 0 Å². The van der Waals surface area contributed by atoms with Crippen molar-refractivity contribution in [3.63, 3.8) is 0 Å². The number of aromatic carboxylic acids is 1. The van der Waals surface area contributed by atoms with Crippen molar-refractivity contribution in [2.24, 2.45) is 0 Å². The lowest BCUT2D eigenvalue weighted by Gasteiger charge is -2.10. The molecule has 0 atom stereocenters. The maximum Gasteiger partial charge on any atom is 0.340 e. The summed E-state index contributed by atoms with van der Waals surface area (Å²) in [6.45, 7) is 2.06. The van der Waals surface area contributed by atoms with Gasteiger partial charge in [-0.3, -0.25) is 0 Å². The van der Waals surface area contributed by atoms with Crippen LogP contribution in [0.1, 0.15) is 22.8 Å². The molecule has 0 bridgehead atoms. The third-order valence-corrected chi connectivity index (χ3v) is 3.38. The van der Waals surface area contributed by atoms with E-state index in [0.29, 0.717) is 16.0 Å². The number of ether oxygens (including phenoxy) is 1. The number of benzene rings is 2. The number of carbonyl (C=O) groups is 1. The number of rotatable bonds is 4. The Morgan fingerprint density at radius 1 is 1.26 bits per heavy atom. The lowest BCUT2D eigenvalue weighted by atomic mass is 10.1. The Morgan fingerprint density at radius 3 is 2.68 bits per heavy atom. The van der Waals surface area contributed by atoms with Gasteiger partial charge in [-0.15, -0.1) is 0 Å². The van der Waals surface area contributed by atoms with E-state index < -0.39 is 5.97 Å². The van der Waals surface area contributed by atoms with Gasteiger partial charge in [0.25, 0.3) is 0 Å². The smallest absolute Gasteiger partial charge is 0.340 e. The molecule has 0 saturated heterocycles. The van der Waals surface area contributed by atoms with Crippen LogP contribution in [-0.4, -0.2) is 11.1 Å². The van der Waals surface area contributed by atoms with Gasteiger partial charge in [-0.2, -0.15) is 0 Å². The molecule has 0 unspecified atom stereocenters. The Labute approximate surface area is 120 Å². The summed E-state index contributed by atoms with van der Waals surface area (Å²) in [7, 11) is 0. The van der Waals surface area contributed by atoms with Crippen molar-refractivity contribution in [3.8, 4) is 11.5 Å². The molecule has 0 amide bonds. The average molecular weight is 321 g/mol. The average Bonchev–Trinajstić information content (AvgIpc) is 2.38. The molecule has 0 radical (unpaired) electrons. The van der Waals surface area contributed by atoms with E-state index in [2.05, 4.69) is 22.9 Å². The highest BCUT2D eigenvalue weighted by atomic mass is 79.9. The maximum atomic E-state index is 11.2. The quantitative estimate of drug-likeness (QED) is 0.902. The molecule has 4 heteroatoms. The number of carboxylic acids is 1. The summed E-state index contributed by atoms with van der Waals surface area (Å²) in [5.74, 6) is -0.0517. The SMILES string of the molecule is CCc1cccc(Oc2cccc(Br)c2C(=O)O)c1. The van der Waals surface area contributed by atoms with E-state index >= 15 is 0 Å². The summed E-state index contributed by atoms with van der Waals surface area (Å²) < 4.78 is 6.19. The third-order valence-electron chi connectivity index (χ3n) is 2.72. The second kappa shape index (κ2) is 5.89. The van der Waals surface area contributed by atoms with Gasteiger partial charge in [0.1, 0.15) is 17.1 Å². The van der Waals surface area contributed by atoms with E-state index in [-0.39, 0.29) is 5.56 Å². The van der Waals surface area contributed by atoms with Gasteiger partial charge in [0.2, 0.25) is 0 Å². The first kappa shape index (κ1) is 13.6. The molecule has 0 aliphatic rings. The normalized spacial score (nSPS) is 10.2. The predicted molar refractivity (Wildman–Crippen MR) is 77.0 cm³/mol. The molecule has 1 N–H and O–H groups in total. The van der Waals surface area contributed by atoms with Crippen LogP contribution in [-0.2, 0) is 6.42 Å². The second-order valence-electron chi connectivity index (χ2n) is 4.02. The lowest BCUT2D eigenvalue weighted by Crippen LogP contribution is -2.01. The third kappa shape index (κ3) is 3.15. The fourth-order valence-corrected chi connectivity index (χ4v) is 2.27. The van der Waals surface area contributed by atoms with Gasteiger partial charge in [0, 0.05) is 4.47 Å². The van der Waals surface area contributed by atoms with Crippen molar-refractivity contribution >= 4 is 21.9 Å². The molecule has 2 aromatic rings. The number of hydrogen-bond donors (Lipinski definition) is 1. The zero-order chi connectivity index (χ0) is 13.8. The first-order chi connectivity index (χ1) is 9.11. The zero-order valence-electron chi connectivity index (χ0n) is 10.4. The first-order valence-corrected chi connectivity index (χ1v) is 6.69. The van der Waals surface area contributed by atoms with Crippen LogP contribution < -0.4 is 4.74 Å². The van der Waals surface area contributed by atoms with E-state index in [9.17, 15) is 9.90 Å². The molecular weight excluding hydrogens is 308 g/mol. The number of aryl methyl sites for hydroxylation is 1. The molecule has 0 saturated carbocycles. The van der Waals surface area contributed by atoms with Gasteiger partial charge in [0.05, 0.1) is 0 Å². The van der Waals surface area contributed by atoms with Crippen molar-refractivity contribution < 1.29 is 14.6 Å². The number of carboxylic acid groups (broad SMARTS) is 1. The minimum atomic E-state index is -1.02. The molecule has 98 valence electrons. The van der Waals surface area contributed by atoms with Gasteiger partial charge >= 0.3 is 5.97 Å². The van der Waals surface area contributed by atoms with Gasteiger partial charge < -0.3 is 9.84 Å². The van der Waals surface area contributed by atoms with Crippen LogP contribution in [0.2, 0.25) is 0 Å². The molecule has 0 spiro atoms. The van der Waals surface area contributed by atoms with E-state index in [1.807, 2.05) is 24.3 Å². The van der Waals surface area contributed by atoms with Crippen molar-refractivity contribution in [1.29, 1.82) is 0 Å². The molecule has 0 aromatic heterocycles. The number of hydrogen-bond acceptors (Lipinski definition) is 2. The predicted octanol–water partition coefficient (Wildman–Crippen LogP) is 4.50. The zero-order valence-corrected chi connectivity index (χ0v) is 12.0. The first-order valence-electron chi connectivity index (χ1n) is 5.90. The highest BCUT2D eigenvalue weighted by Gasteiger charge is 2.15. The summed E-state index contributed by atoms with van der Waals surface area (Å²) in [5, 5.41) is 9.22. The summed E-state index contributed by atoms with van der Waals surface area (Å²) in [6.07, 6.45) is 0.904. The second-order valence-corrected chi connectivity index (χ2v) is 4.88. The van der Waals surface area contributed by atoms with E-state index in [1.54, 1.807) is 18.2 Å². The molecule has 0 aliphatic carbocycles. The molecule has 2 rings (SSSR count). The van der Waals surface area contributed by atoms with Crippen molar-refractivity contribution in [2.75, 3.05) is 0 Å². The fraction of sp³-hybridized carbons (Fsp3) is 0.133. The Bertz CT molecular complexity index is 608. The Balaban J connectivity index is 2.38. The summed E-state index contributed by atoms with van der Waals surface area (Å²) in [5.41, 5.74) is 1.27. The van der Waals surface area contributed by atoms with Crippen LogP contribution in [0.5, 0.6) is 11.5 Å². The molecular formula is C15H13BrO3. The Kier molecular flexibility index (Phi) is 4.22. The van der Waals surface area contributed by atoms with E-state index in [1.165, 1.54) is 0 Å². The summed E-state index contributed by atoms with van der Waals surface area (Å²) in [6, 6.07) is 12.7. The molecule has 0 fully saturated rings. The maximum absolute atomic E-state index is 11.2. The van der Waals surface area contributed by atoms with Gasteiger partial charge in [0.15, 0.2) is 0 Å². The summed E-state index contributed by atoms with van der Waals surface area (Å²) in [4.78, 5) is 11.2. The van der Waals surface area contributed by atoms with Gasteiger partial charge in [-0.1, -0.05) is 25.1 Å². The van der Waals surface area contributed by atoms with Gasteiger partial charge in [-0.25, -0.2) is 4.79 Å². The van der Waals surface area contributed by atoms with Gasteiger partial charge in [-0.05, 0) is 52.2 Å². The summed E-state index contributed by atoms with van der Waals surface area (Å²) >= 11 is 3.23. The van der Waals surface area contributed by atoms with Crippen molar-refractivity contribution in [3.05, 3.63) is 58.1 Å². The van der Waals surface area contributed by atoms with Crippen molar-refractivity contribution in [2.45, 2.75) is 13.3 Å². The van der Waals surface area contributed by atoms with Crippen LogP contribution in [0.25, 0.3) is 0 Å². The van der Waals surface area contributed by atoms with Crippen LogP contribution in [0, 0.1) is 0 Å². The monoisotopic (exact) mass is 320 g/mol. The molecule has 2 aromatic carbocycles. The van der Waals surface area contributed by atoms with E-state index in [0.717, 1.165) is 12.0 Å². The number of halogens is 1. The minimum Gasteiger partial charge on any atom is -0.478 e. The highest BCUT2D eigenvalue weighted by Crippen LogP contribution is 2.31. The molecule has 0 aliphatic heterocycles. The minimum absolute atomic E-state index is 0.129. The van der Waals surface area contributed by atoms with Crippen LogP contribution in [0.15, 0.2) is 46.9 Å². The van der Waals surface area contributed by atoms with E-state index in [4.69, 9.17) is 4.74 Å². The lowest BCUT2D eigenvalue weighted by molar-refractivity contribution is 0.0693. The van der Waals surface area contributed by atoms with Crippen LogP contribution >= 0.6 is 15.9 Å².